The van der Waals surface area contributed by atoms with Gasteiger partial charge in [0.25, 0.3) is 0 Å². The van der Waals surface area contributed by atoms with Crippen LogP contribution in [0.15, 0.2) is 47.5 Å². The van der Waals surface area contributed by atoms with E-state index in [0.717, 1.165) is 11.4 Å². The third-order valence-corrected chi connectivity index (χ3v) is 6.20. The van der Waals surface area contributed by atoms with E-state index in [1.54, 1.807) is 30.2 Å². The minimum atomic E-state index is -3.71. The molecule has 7 nitrogen and oxygen atoms in total. The molecule has 8 heteroatoms. The van der Waals surface area contributed by atoms with Crippen molar-refractivity contribution < 1.29 is 13.2 Å². The highest BCUT2D eigenvalue weighted by Crippen LogP contribution is 2.16. The summed E-state index contributed by atoms with van der Waals surface area (Å²) in [6.07, 6.45) is 1.74. The predicted molar refractivity (Wildman–Crippen MR) is 104 cm³/mol. The Morgan fingerprint density at radius 3 is 2.48 bits per heavy atom. The molecule has 0 aliphatic carbocycles. The standard InChI is InChI=1S/C19H24N4O3S/c1-15-6-7-17(16(2)13-15)27(25,26)21-14-19(24)23-11-9-22(10-12-23)18-5-3-4-8-20-18/h3-8,13,21H,9-12,14H2,1-2H3. The van der Waals surface area contributed by atoms with Crippen LogP contribution in [0.2, 0.25) is 0 Å². The Bertz CT molecular complexity index is 908. The molecule has 1 aromatic carbocycles. The highest BCUT2D eigenvalue weighted by atomic mass is 32.2. The summed E-state index contributed by atoms with van der Waals surface area (Å²) in [5.74, 6) is 0.671. The van der Waals surface area contributed by atoms with Crippen LogP contribution in [0, 0.1) is 13.8 Å². The second-order valence-electron chi connectivity index (χ2n) is 6.65. The zero-order valence-corrected chi connectivity index (χ0v) is 16.4. The molecule has 2 heterocycles. The van der Waals surface area contributed by atoms with Gasteiger partial charge in [0.05, 0.1) is 11.4 Å². The lowest BCUT2D eigenvalue weighted by Gasteiger charge is -2.35. The maximum atomic E-state index is 12.5. The molecule has 1 aliphatic rings. The Labute approximate surface area is 160 Å². The van der Waals surface area contributed by atoms with Crippen LogP contribution in [-0.4, -0.2) is 56.9 Å². The van der Waals surface area contributed by atoms with E-state index in [1.165, 1.54) is 0 Å². The van der Waals surface area contributed by atoms with Gasteiger partial charge >= 0.3 is 0 Å². The number of amides is 1. The van der Waals surface area contributed by atoms with Crippen molar-refractivity contribution in [3.63, 3.8) is 0 Å². The van der Waals surface area contributed by atoms with Crippen LogP contribution in [0.25, 0.3) is 0 Å². The number of carbonyl (C=O) groups excluding carboxylic acids is 1. The fourth-order valence-corrected chi connectivity index (χ4v) is 4.37. The number of aromatic nitrogens is 1. The molecule has 27 heavy (non-hydrogen) atoms. The number of benzene rings is 1. The number of nitrogens with zero attached hydrogens (tertiary/aromatic N) is 3. The van der Waals surface area contributed by atoms with Crippen LogP contribution in [0.4, 0.5) is 5.82 Å². The summed E-state index contributed by atoms with van der Waals surface area (Å²) in [6, 6.07) is 10.9. The van der Waals surface area contributed by atoms with Crippen molar-refractivity contribution >= 4 is 21.7 Å². The van der Waals surface area contributed by atoms with Gasteiger partial charge in [-0.1, -0.05) is 23.8 Å². The highest BCUT2D eigenvalue weighted by Gasteiger charge is 2.24. The van der Waals surface area contributed by atoms with Gasteiger partial charge in [0, 0.05) is 32.4 Å². The lowest BCUT2D eigenvalue weighted by molar-refractivity contribution is -0.130. The number of nitrogens with one attached hydrogen (secondary N) is 1. The molecular formula is C19H24N4O3S. The summed E-state index contributed by atoms with van der Waals surface area (Å²) in [5, 5.41) is 0. The van der Waals surface area contributed by atoms with Crippen LogP contribution in [-0.2, 0) is 14.8 Å². The Kier molecular flexibility index (Phi) is 5.76. The fourth-order valence-electron chi connectivity index (χ4n) is 3.17. The van der Waals surface area contributed by atoms with Crippen molar-refractivity contribution in [2.75, 3.05) is 37.6 Å². The van der Waals surface area contributed by atoms with Crippen LogP contribution >= 0.6 is 0 Å². The minimum Gasteiger partial charge on any atom is -0.353 e. The average Bonchev–Trinajstić information content (AvgIpc) is 2.67. The van der Waals surface area contributed by atoms with Crippen molar-refractivity contribution in [2.45, 2.75) is 18.7 Å². The Morgan fingerprint density at radius 1 is 1.11 bits per heavy atom. The SMILES string of the molecule is Cc1ccc(S(=O)(=O)NCC(=O)N2CCN(c3ccccn3)CC2)c(C)c1. The highest BCUT2D eigenvalue weighted by molar-refractivity contribution is 7.89. The summed E-state index contributed by atoms with van der Waals surface area (Å²) >= 11 is 0. The van der Waals surface area contributed by atoms with Crippen molar-refractivity contribution in [2.24, 2.45) is 0 Å². The molecule has 0 bridgehead atoms. The van der Waals surface area contributed by atoms with E-state index < -0.39 is 10.0 Å². The largest absolute Gasteiger partial charge is 0.353 e. The van der Waals surface area contributed by atoms with E-state index in [4.69, 9.17) is 0 Å². The number of rotatable bonds is 5. The maximum absolute atomic E-state index is 12.5. The number of anilines is 1. The second-order valence-corrected chi connectivity index (χ2v) is 8.38. The quantitative estimate of drug-likeness (QED) is 0.836. The van der Waals surface area contributed by atoms with Crippen molar-refractivity contribution in [1.82, 2.24) is 14.6 Å². The maximum Gasteiger partial charge on any atom is 0.241 e. The van der Waals surface area contributed by atoms with Crippen molar-refractivity contribution in [3.05, 3.63) is 53.7 Å². The first-order valence-electron chi connectivity index (χ1n) is 8.87. The van der Waals surface area contributed by atoms with Gasteiger partial charge in [-0.05, 0) is 37.6 Å². The monoisotopic (exact) mass is 388 g/mol. The van der Waals surface area contributed by atoms with Gasteiger partial charge in [0.1, 0.15) is 5.82 Å². The topological polar surface area (TPSA) is 82.6 Å². The third kappa shape index (κ3) is 4.64. The number of piperazine rings is 1. The first kappa shape index (κ1) is 19.3. The van der Waals surface area contributed by atoms with Crippen molar-refractivity contribution in [1.29, 1.82) is 0 Å². The summed E-state index contributed by atoms with van der Waals surface area (Å²) in [4.78, 5) is 20.8. The van der Waals surface area contributed by atoms with E-state index in [-0.39, 0.29) is 17.3 Å². The van der Waals surface area contributed by atoms with Gasteiger partial charge in [0.15, 0.2) is 0 Å². The smallest absolute Gasteiger partial charge is 0.241 e. The van der Waals surface area contributed by atoms with E-state index in [2.05, 4.69) is 14.6 Å². The Balaban J connectivity index is 1.55. The molecule has 0 spiro atoms. The first-order valence-corrected chi connectivity index (χ1v) is 10.4. The molecular weight excluding hydrogens is 364 g/mol. The van der Waals surface area contributed by atoms with Gasteiger partial charge in [-0.25, -0.2) is 18.1 Å². The zero-order chi connectivity index (χ0) is 19.4. The number of aryl methyl sites for hydroxylation is 2. The predicted octanol–water partition coefficient (Wildman–Crippen LogP) is 1.33. The minimum absolute atomic E-state index is 0.209. The molecule has 0 atom stereocenters. The number of hydrogen-bond donors (Lipinski definition) is 1. The van der Waals surface area contributed by atoms with E-state index in [0.29, 0.717) is 31.7 Å². The zero-order valence-electron chi connectivity index (χ0n) is 15.6. The molecule has 1 aliphatic heterocycles. The molecule has 144 valence electrons. The first-order chi connectivity index (χ1) is 12.9. The molecule has 3 rings (SSSR count). The summed E-state index contributed by atoms with van der Waals surface area (Å²) in [6.45, 7) is 5.85. The summed E-state index contributed by atoms with van der Waals surface area (Å²) in [5.41, 5.74) is 1.66. The number of carbonyl (C=O) groups is 1. The van der Waals surface area contributed by atoms with E-state index >= 15 is 0 Å². The van der Waals surface area contributed by atoms with Crippen LogP contribution < -0.4 is 9.62 Å². The van der Waals surface area contributed by atoms with Gasteiger partial charge in [-0.15, -0.1) is 0 Å². The van der Waals surface area contributed by atoms with Gasteiger partial charge in [0.2, 0.25) is 15.9 Å². The summed E-state index contributed by atoms with van der Waals surface area (Å²) in [7, 11) is -3.71. The third-order valence-electron chi connectivity index (χ3n) is 4.64. The molecule has 2 aromatic rings. The molecule has 0 radical (unpaired) electrons. The molecule has 0 unspecified atom stereocenters. The molecule has 1 amide bonds. The van der Waals surface area contributed by atoms with Gasteiger partial charge in [-0.2, -0.15) is 0 Å². The van der Waals surface area contributed by atoms with Crippen LogP contribution in [0.1, 0.15) is 11.1 Å². The van der Waals surface area contributed by atoms with Gasteiger partial charge < -0.3 is 9.80 Å². The Morgan fingerprint density at radius 2 is 1.85 bits per heavy atom. The molecule has 1 fully saturated rings. The number of pyridine rings is 1. The van der Waals surface area contributed by atoms with Crippen LogP contribution in [0.5, 0.6) is 0 Å². The number of hydrogen-bond acceptors (Lipinski definition) is 5. The molecule has 0 saturated carbocycles. The van der Waals surface area contributed by atoms with Crippen molar-refractivity contribution in [3.8, 4) is 0 Å². The van der Waals surface area contributed by atoms with E-state index in [1.807, 2.05) is 31.2 Å². The van der Waals surface area contributed by atoms with Crippen LogP contribution in [0.3, 0.4) is 0 Å². The lowest BCUT2D eigenvalue weighted by atomic mass is 10.2. The normalized spacial score (nSPS) is 15.0. The lowest BCUT2D eigenvalue weighted by Crippen LogP contribution is -2.51. The van der Waals surface area contributed by atoms with Gasteiger partial charge in [-0.3, -0.25) is 4.79 Å². The Hall–Kier alpha value is -2.45. The second kappa shape index (κ2) is 8.06. The fraction of sp³-hybridized carbons (Fsp3) is 0.368. The average molecular weight is 388 g/mol. The van der Waals surface area contributed by atoms with E-state index in [9.17, 15) is 13.2 Å². The molecule has 1 saturated heterocycles. The number of sulfonamides is 1. The summed E-state index contributed by atoms with van der Waals surface area (Å²) < 4.78 is 27.4. The molecule has 1 N–H and O–H groups in total. The molecule has 1 aromatic heterocycles.